The molecule has 0 radical (unpaired) electrons. The summed E-state index contributed by atoms with van der Waals surface area (Å²) in [6, 6.07) is 7.72. The van der Waals surface area contributed by atoms with E-state index in [2.05, 4.69) is 23.6 Å². The number of nitrogens with zero attached hydrogens (tertiary/aromatic N) is 3. The highest BCUT2D eigenvalue weighted by molar-refractivity contribution is 6.35. The van der Waals surface area contributed by atoms with Crippen molar-refractivity contribution in [1.29, 1.82) is 0 Å². The molecule has 0 N–H and O–H groups in total. The van der Waals surface area contributed by atoms with Gasteiger partial charge < -0.3 is 14.5 Å². The molecule has 32 heavy (non-hydrogen) atoms. The Hall–Kier alpha value is -2.34. The molecule has 6 nitrogen and oxygen atoms in total. The summed E-state index contributed by atoms with van der Waals surface area (Å²) in [5, 5.41) is 0. The molecule has 0 spiro atoms. The van der Waals surface area contributed by atoms with Gasteiger partial charge in [0.15, 0.2) is 0 Å². The summed E-state index contributed by atoms with van der Waals surface area (Å²) in [6.07, 6.45) is 7.35. The molecule has 6 heteroatoms. The standard InChI is InChI=1S/C26H37N3O3/c1-3-19-32-22-13-11-20(12-14-22)23-24(28-17-15-27(4-2)16-18-28)26(31)29(25(23)30)21-9-7-5-6-8-10-21/h11-14,21H,3-10,15-19H2,1-2H3. The first-order chi connectivity index (χ1) is 15.6. The molecular weight excluding hydrogens is 402 g/mol. The van der Waals surface area contributed by atoms with Crippen molar-refractivity contribution in [2.45, 2.75) is 64.8 Å². The lowest BCUT2D eigenvalue weighted by molar-refractivity contribution is -0.140. The number of hydrogen-bond acceptors (Lipinski definition) is 5. The Bertz CT molecular complexity index is 832. The number of piperazine rings is 1. The van der Waals surface area contributed by atoms with Gasteiger partial charge >= 0.3 is 0 Å². The minimum absolute atomic E-state index is 0.0223. The van der Waals surface area contributed by atoms with Crippen LogP contribution in [0.1, 0.15) is 64.4 Å². The van der Waals surface area contributed by atoms with Crippen LogP contribution in [0.2, 0.25) is 0 Å². The van der Waals surface area contributed by atoms with Crippen LogP contribution in [0.4, 0.5) is 0 Å². The van der Waals surface area contributed by atoms with E-state index >= 15 is 0 Å². The quantitative estimate of drug-likeness (QED) is 0.476. The third-order valence-electron chi connectivity index (χ3n) is 7.03. The normalized spacial score (nSPS) is 21.4. The lowest BCUT2D eigenvalue weighted by atomic mass is 10.0. The van der Waals surface area contributed by atoms with Gasteiger partial charge in [-0.2, -0.15) is 0 Å². The third-order valence-corrected chi connectivity index (χ3v) is 7.03. The smallest absolute Gasteiger partial charge is 0.278 e. The Kier molecular flexibility index (Phi) is 7.51. The van der Waals surface area contributed by atoms with E-state index in [1.807, 2.05) is 24.3 Å². The molecule has 174 valence electrons. The van der Waals surface area contributed by atoms with E-state index < -0.39 is 0 Å². The molecule has 1 aromatic rings. The van der Waals surface area contributed by atoms with Gasteiger partial charge in [0.05, 0.1) is 12.2 Å². The fourth-order valence-corrected chi connectivity index (χ4v) is 5.16. The van der Waals surface area contributed by atoms with Crippen molar-refractivity contribution in [1.82, 2.24) is 14.7 Å². The summed E-state index contributed by atoms with van der Waals surface area (Å²) in [4.78, 5) is 33.6. The monoisotopic (exact) mass is 439 g/mol. The molecular formula is C26H37N3O3. The van der Waals surface area contributed by atoms with Gasteiger partial charge in [-0.15, -0.1) is 0 Å². The summed E-state index contributed by atoms with van der Waals surface area (Å²) in [5.41, 5.74) is 2.00. The average Bonchev–Trinajstić information content (AvgIpc) is 2.98. The van der Waals surface area contributed by atoms with E-state index in [0.29, 0.717) is 17.9 Å². The fraction of sp³-hybridized carbons (Fsp3) is 0.615. The van der Waals surface area contributed by atoms with E-state index in [1.165, 1.54) is 12.8 Å². The number of rotatable bonds is 7. The number of carbonyl (C=O) groups excluding carboxylic acids is 2. The predicted octanol–water partition coefficient (Wildman–Crippen LogP) is 3.92. The lowest BCUT2D eigenvalue weighted by Gasteiger charge is -2.36. The second-order valence-electron chi connectivity index (χ2n) is 9.14. The van der Waals surface area contributed by atoms with Crippen molar-refractivity contribution < 1.29 is 14.3 Å². The molecule has 0 unspecified atom stereocenters. The minimum atomic E-state index is -0.114. The Morgan fingerprint density at radius 1 is 0.875 bits per heavy atom. The number of benzene rings is 1. The number of amides is 2. The zero-order chi connectivity index (χ0) is 22.5. The summed E-state index contributed by atoms with van der Waals surface area (Å²) in [6.45, 7) is 9.32. The Morgan fingerprint density at radius 2 is 1.53 bits per heavy atom. The van der Waals surface area contributed by atoms with Crippen LogP contribution in [-0.4, -0.2) is 71.9 Å². The highest BCUT2D eigenvalue weighted by atomic mass is 16.5. The van der Waals surface area contributed by atoms with E-state index in [9.17, 15) is 9.59 Å². The summed E-state index contributed by atoms with van der Waals surface area (Å²) < 4.78 is 5.72. The van der Waals surface area contributed by atoms with Crippen LogP contribution in [0.5, 0.6) is 5.75 Å². The molecule has 1 saturated carbocycles. The van der Waals surface area contributed by atoms with Gasteiger partial charge in [-0.3, -0.25) is 14.5 Å². The lowest BCUT2D eigenvalue weighted by Crippen LogP contribution is -2.48. The van der Waals surface area contributed by atoms with Crippen LogP contribution < -0.4 is 4.74 Å². The van der Waals surface area contributed by atoms with Crippen LogP contribution in [0.25, 0.3) is 5.57 Å². The van der Waals surface area contributed by atoms with Crippen LogP contribution in [0.15, 0.2) is 30.0 Å². The molecule has 2 amide bonds. The Labute approximate surface area is 192 Å². The van der Waals surface area contributed by atoms with Crippen molar-refractivity contribution in [2.75, 3.05) is 39.3 Å². The number of hydrogen-bond donors (Lipinski definition) is 0. The van der Waals surface area contributed by atoms with Gasteiger partial charge in [-0.25, -0.2) is 0 Å². The number of ether oxygens (including phenoxy) is 1. The zero-order valence-electron chi connectivity index (χ0n) is 19.6. The highest BCUT2D eigenvalue weighted by Gasteiger charge is 2.45. The molecule has 1 aliphatic carbocycles. The second-order valence-corrected chi connectivity index (χ2v) is 9.14. The molecule has 4 rings (SSSR count). The zero-order valence-corrected chi connectivity index (χ0v) is 19.6. The first-order valence-electron chi connectivity index (χ1n) is 12.5. The molecule has 0 aromatic heterocycles. The topological polar surface area (TPSA) is 53.1 Å². The number of imide groups is 1. The maximum atomic E-state index is 13.7. The van der Waals surface area contributed by atoms with Gasteiger partial charge in [0.1, 0.15) is 11.4 Å². The van der Waals surface area contributed by atoms with Crippen LogP contribution in [-0.2, 0) is 9.59 Å². The maximum Gasteiger partial charge on any atom is 0.278 e. The van der Waals surface area contributed by atoms with E-state index in [4.69, 9.17) is 4.74 Å². The molecule has 2 fully saturated rings. The molecule has 1 aromatic carbocycles. The van der Waals surface area contributed by atoms with E-state index in [0.717, 1.165) is 76.1 Å². The van der Waals surface area contributed by atoms with Crippen molar-refractivity contribution in [3.63, 3.8) is 0 Å². The van der Waals surface area contributed by atoms with Crippen LogP contribution in [0.3, 0.4) is 0 Å². The summed E-state index contributed by atoms with van der Waals surface area (Å²) >= 11 is 0. The largest absolute Gasteiger partial charge is 0.494 e. The molecule has 2 heterocycles. The van der Waals surface area contributed by atoms with Crippen molar-refractivity contribution in [3.05, 3.63) is 35.5 Å². The SMILES string of the molecule is CCCOc1ccc(C2=C(N3CCN(CC)CC3)C(=O)N(C3CCCCCC3)C2=O)cc1. The highest BCUT2D eigenvalue weighted by Crippen LogP contribution is 2.36. The summed E-state index contributed by atoms with van der Waals surface area (Å²) in [5.74, 6) is 0.594. The predicted molar refractivity (Wildman–Crippen MR) is 126 cm³/mol. The van der Waals surface area contributed by atoms with E-state index in [-0.39, 0.29) is 17.9 Å². The van der Waals surface area contributed by atoms with Crippen LogP contribution in [0, 0.1) is 0 Å². The number of likely N-dealkylation sites (N-methyl/N-ethyl adjacent to an activating group) is 1. The minimum Gasteiger partial charge on any atom is -0.494 e. The van der Waals surface area contributed by atoms with Crippen molar-refractivity contribution >= 4 is 17.4 Å². The van der Waals surface area contributed by atoms with Gasteiger partial charge in [-0.1, -0.05) is 51.7 Å². The van der Waals surface area contributed by atoms with Gasteiger partial charge in [0.25, 0.3) is 11.8 Å². The van der Waals surface area contributed by atoms with Gasteiger partial charge in [0.2, 0.25) is 0 Å². The molecule has 3 aliphatic rings. The maximum absolute atomic E-state index is 13.7. The summed E-state index contributed by atoms with van der Waals surface area (Å²) in [7, 11) is 0. The third kappa shape index (κ3) is 4.70. The number of carbonyl (C=O) groups is 2. The first-order valence-corrected chi connectivity index (χ1v) is 12.5. The van der Waals surface area contributed by atoms with Crippen molar-refractivity contribution in [3.8, 4) is 5.75 Å². The van der Waals surface area contributed by atoms with Gasteiger partial charge in [0, 0.05) is 32.2 Å². The average molecular weight is 440 g/mol. The Morgan fingerprint density at radius 3 is 2.12 bits per heavy atom. The molecule has 2 aliphatic heterocycles. The van der Waals surface area contributed by atoms with Crippen molar-refractivity contribution in [2.24, 2.45) is 0 Å². The van der Waals surface area contributed by atoms with Gasteiger partial charge in [-0.05, 0) is 43.5 Å². The fourth-order valence-electron chi connectivity index (χ4n) is 5.16. The second kappa shape index (κ2) is 10.5. The first kappa shape index (κ1) is 22.8. The Balaban J connectivity index is 1.66. The van der Waals surface area contributed by atoms with Crippen LogP contribution >= 0.6 is 0 Å². The van der Waals surface area contributed by atoms with E-state index in [1.54, 1.807) is 4.90 Å². The molecule has 0 atom stereocenters. The molecule has 1 saturated heterocycles. The molecule has 0 bridgehead atoms.